The van der Waals surface area contributed by atoms with Crippen molar-refractivity contribution < 1.29 is 18.7 Å². The number of ether oxygens (including phenoxy) is 1. The molecule has 5 rings (SSSR count). The Hall–Kier alpha value is -4.32. The fourth-order valence-electron chi connectivity index (χ4n) is 4.24. The lowest BCUT2D eigenvalue weighted by Gasteiger charge is -2.16. The van der Waals surface area contributed by atoms with Gasteiger partial charge >= 0.3 is 5.97 Å². The molecule has 1 N–H and O–H groups in total. The minimum Gasteiger partial charge on any atom is -0.465 e. The second-order valence-corrected chi connectivity index (χ2v) is 8.25. The van der Waals surface area contributed by atoms with Gasteiger partial charge in [0.2, 0.25) is 0 Å². The second-order valence-electron chi connectivity index (χ2n) is 8.25. The molecule has 0 radical (unpaired) electrons. The van der Waals surface area contributed by atoms with Crippen LogP contribution in [-0.4, -0.2) is 23.6 Å². The molecule has 2 heterocycles. The smallest absolute Gasteiger partial charge is 0.337 e. The number of nitrogens with zero attached hydrogens (tertiary/aromatic N) is 1. The molecular formula is C28H24N2O4. The van der Waals surface area contributed by atoms with E-state index in [0.717, 1.165) is 33.2 Å². The third-order valence-corrected chi connectivity index (χ3v) is 6.02. The van der Waals surface area contributed by atoms with Gasteiger partial charge in [0.1, 0.15) is 11.3 Å². The molecule has 2 aromatic heterocycles. The quantitative estimate of drug-likeness (QED) is 0.335. The lowest BCUT2D eigenvalue weighted by atomic mass is 10.0. The fraction of sp³-hybridized carbons (Fsp3) is 0.143. The van der Waals surface area contributed by atoms with Crippen molar-refractivity contribution in [2.45, 2.75) is 19.5 Å². The molecule has 0 fully saturated rings. The van der Waals surface area contributed by atoms with Gasteiger partial charge in [-0.2, -0.15) is 0 Å². The van der Waals surface area contributed by atoms with Crippen molar-refractivity contribution >= 4 is 33.7 Å². The molecular weight excluding hydrogens is 428 g/mol. The first-order valence-electron chi connectivity index (χ1n) is 11.1. The monoisotopic (exact) mass is 452 g/mol. The molecule has 0 aliphatic carbocycles. The molecule has 170 valence electrons. The third kappa shape index (κ3) is 4.06. The number of rotatable bonds is 6. The zero-order chi connectivity index (χ0) is 23.7. The van der Waals surface area contributed by atoms with E-state index >= 15 is 0 Å². The van der Waals surface area contributed by atoms with E-state index in [4.69, 9.17) is 9.15 Å². The summed E-state index contributed by atoms with van der Waals surface area (Å²) in [5.74, 6) is 0.271. The summed E-state index contributed by atoms with van der Waals surface area (Å²) >= 11 is 0. The minimum atomic E-state index is -0.389. The summed E-state index contributed by atoms with van der Waals surface area (Å²) < 4.78 is 12.8. The number of hydrogen-bond donors (Lipinski definition) is 1. The normalized spacial score (nSPS) is 12.1. The molecule has 0 bridgehead atoms. The highest BCUT2D eigenvalue weighted by atomic mass is 16.5. The van der Waals surface area contributed by atoms with Gasteiger partial charge in [-0.1, -0.05) is 42.5 Å². The van der Waals surface area contributed by atoms with E-state index < -0.39 is 0 Å². The van der Waals surface area contributed by atoms with Crippen molar-refractivity contribution in [2.75, 3.05) is 7.11 Å². The van der Waals surface area contributed by atoms with Crippen molar-refractivity contribution in [3.8, 4) is 0 Å². The number of para-hydroxylation sites is 2. The zero-order valence-corrected chi connectivity index (χ0v) is 18.9. The summed E-state index contributed by atoms with van der Waals surface area (Å²) in [5.41, 5.74) is 3.66. The molecule has 0 saturated carbocycles. The van der Waals surface area contributed by atoms with Gasteiger partial charge in [0.05, 0.1) is 36.3 Å². The van der Waals surface area contributed by atoms with Gasteiger partial charge in [-0.25, -0.2) is 4.79 Å². The first-order valence-corrected chi connectivity index (χ1v) is 11.1. The van der Waals surface area contributed by atoms with Crippen molar-refractivity contribution in [3.05, 3.63) is 108 Å². The largest absolute Gasteiger partial charge is 0.465 e. The predicted octanol–water partition coefficient (Wildman–Crippen LogP) is 5.71. The van der Waals surface area contributed by atoms with E-state index in [0.29, 0.717) is 17.7 Å². The standard InChI is InChI=1S/C28H24N2O4/c1-18(19-10-12-21(13-11-19)28(32)33-2)29-27(31)24-8-5-7-20-14-15-30(26(20)24)17-23-16-22-6-3-4-9-25(22)34-23/h3-16,18H,17H2,1-2H3,(H,29,31)/t18-/m0/s1. The van der Waals surface area contributed by atoms with Crippen molar-refractivity contribution in [2.24, 2.45) is 0 Å². The van der Waals surface area contributed by atoms with Gasteiger partial charge in [-0.3, -0.25) is 4.79 Å². The van der Waals surface area contributed by atoms with E-state index in [2.05, 4.69) is 5.32 Å². The van der Waals surface area contributed by atoms with Gasteiger partial charge < -0.3 is 19.0 Å². The number of carbonyl (C=O) groups is 2. The molecule has 0 spiro atoms. The number of amides is 1. The average molecular weight is 453 g/mol. The number of methoxy groups -OCH3 is 1. The third-order valence-electron chi connectivity index (χ3n) is 6.02. The van der Waals surface area contributed by atoms with Crippen LogP contribution in [0.5, 0.6) is 0 Å². The minimum absolute atomic E-state index is 0.167. The second kappa shape index (κ2) is 8.90. The van der Waals surface area contributed by atoms with Crippen LogP contribution >= 0.6 is 0 Å². The highest BCUT2D eigenvalue weighted by Gasteiger charge is 2.17. The predicted molar refractivity (Wildman–Crippen MR) is 131 cm³/mol. The lowest BCUT2D eigenvalue weighted by molar-refractivity contribution is 0.0600. The van der Waals surface area contributed by atoms with Gasteiger partial charge in [-0.15, -0.1) is 0 Å². The number of aromatic nitrogens is 1. The van der Waals surface area contributed by atoms with E-state index in [1.807, 2.05) is 84.4 Å². The van der Waals surface area contributed by atoms with Crippen LogP contribution in [0.3, 0.4) is 0 Å². The first-order chi connectivity index (χ1) is 16.5. The molecule has 0 saturated heterocycles. The van der Waals surface area contributed by atoms with Crippen LogP contribution in [0.2, 0.25) is 0 Å². The van der Waals surface area contributed by atoms with E-state index in [-0.39, 0.29) is 17.9 Å². The fourth-order valence-corrected chi connectivity index (χ4v) is 4.24. The van der Waals surface area contributed by atoms with Crippen LogP contribution in [0, 0.1) is 0 Å². The van der Waals surface area contributed by atoms with Crippen LogP contribution in [-0.2, 0) is 11.3 Å². The summed E-state index contributed by atoms with van der Waals surface area (Å²) in [7, 11) is 1.35. The van der Waals surface area contributed by atoms with Crippen LogP contribution in [0.1, 0.15) is 45.0 Å². The highest BCUT2D eigenvalue weighted by molar-refractivity contribution is 6.06. The van der Waals surface area contributed by atoms with E-state index in [1.54, 1.807) is 12.1 Å². The molecule has 5 aromatic rings. The van der Waals surface area contributed by atoms with Gasteiger partial charge in [0, 0.05) is 17.0 Å². The topological polar surface area (TPSA) is 73.5 Å². The molecule has 6 nitrogen and oxygen atoms in total. The summed E-state index contributed by atoms with van der Waals surface area (Å²) in [6, 6.07) is 24.5. The van der Waals surface area contributed by atoms with Crippen molar-refractivity contribution in [1.29, 1.82) is 0 Å². The zero-order valence-electron chi connectivity index (χ0n) is 18.9. The highest BCUT2D eigenvalue weighted by Crippen LogP contribution is 2.25. The van der Waals surface area contributed by atoms with Crippen LogP contribution in [0.15, 0.2) is 89.5 Å². The lowest BCUT2D eigenvalue weighted by Crippen LogP contribution is -2.27. The van der Waals surface area contributed by atoms with Crippen LogP contribution in [0.4, 0.5) is 0 Å². The van der Waals surface area contributed by atoms with Crippen LogP contribution in [0.25, 0.3) is 21.9 Å². The molecule has 0 unspecified atom stereocenters. The summed E-state index contributed by atoms with van der Waals surface area (Å²) in [6.45, 7) is 2.44. The number of hydrogen-bond acceptors (Lipinski definition) is 4. The summed E-state index contributed by atoms with van der Waals surface area (Å²) in [5, 5.41) is 5.12. The Morgan fingerprint density at radius 3 is 2.50 bits per heavy atom. The maximum Gasteiger partial charge on any atom is 0.337 e. The molecule has 3 aromatic carbocycles. The average Bonchev–Trinajstić information content (AvgIpc) is 3.47. The number of esters is 1. The van der Waals surface area contributed by atoms with Gasteiger partial charge in [0.25, 0.3) is 5.91 Å². The molecule has 34 heavy (non-hydrogen) atoms. The van der Waals surface area contributed by atoms with Gasteiger partial charge in [0.15, 0.2) is 0 Å². The Morgan fingerprint density at radius 1 is 0.971 bits per heavy atom. The number of carbonyl (C=O) groups excluding carboxylic acids is 2. The maximum atomic E-state index is 13.3. The molecule has 0 aliphatic heterocycles. The Balaban J connectivity index is 1.40. The van der Waals surface area contributed by atoms with E-state index in [1.165, 1.54) is 7.11 Å². The number of furan rings is 1. The SMILES string of the molecule is COC(=O)c1ccc([C@H](C)NC(=O)c2cccc3ccn(Cc4cc5ccccc5o4)c23)cc1. The van der Waals surface area contributed by atoms with Crippen LogP contribution < -0.4 is 5.32 Å². The number of fused-ring (bicyclic) bond motifs is 2. The summed E-state index contributed by atoms with van der Waals surface area (Å²) in [4.78, 5) is 25.0. The molecule has 0 aliphatic rings. The van der Waals surface area contributed by atoms with E-state index in [9.17, 15) is 9.59 Å². The molecule has 1 amide bonds. The van der Waals surface area contributed by atoms with Crippen molar-refractivity contribution in [1.82, 2.24) is 9.88 Å². The Morgan fingerprint density at radius 2 is 1.74 bits per heavy atom. The number of benzene rings is 3. The summed E-state index contributed by atoms with van der Waals surface area (Å²) in [6.07, 6.45) is 1.98. The van der Waals surface area contributed by atoms with Crippen molar-refractivity contribution in [3.63, 3.8) is 0 Å². The molecule has 1 atom stereocenters. The maximum absolute atomic E-state index is 13.3. The van der Waals surface area contributed by atoms with Gasteiger partial charge in [-0.05, 0) is 48.9 Å². The molecule has 6 heteroatoms. The Labute approximate surface area is 196 Å². The Bertz CT molecular complexity index is 1460. The number of nitrogens with one attached hydrogen (secondary N) is 1. The first kappa shape index (κ1) is 21.5. The Kier molecular flexibility index (Phi) is 5.64.